The van der Waals surface area contributed by atoms with Gasteiger partial charge in [-0.3, -0.25) is 9.71 Å². The first-order valence-electron chi connectivity index (χ1n) is 10.7. The van der Waals surface area contributed by atoms with Crippen LogP contribution >= 0.6 is 11.3 Å². The van der Waals surface area contributed by atoms with Gasteiger partial charge in [0.15, 0.2) is 16.1 Å². The molecule has 2 atom stereocenters. The smallest absolute Gasteiger partial charge is 0.183 e. The number of anilines is 2. The van der Waals surface area contributed by atoms with E-state index in [1.807, 2.05) is 13.0 Å². The predicted octanol–water partition coefficient (Wildman–Crippen LogP) is 5.02. The van der Waals surface area contributed by atoms with Crippen LogP contribution in [0.15, 0.2) is 41.6 Å². The molecule has 2 N–H and O–H groups in total. The van der Waals surface area contributed by atoms with Gasteiger partial charge < -0.3 is 14.8 Å². The number of ether oxygens (including phenoxy) is 2. The molecule has 0 amide bonds. The number of aromatic nitrogens is 2. The molecular formula is C23H27FN4O3S2. The van der Waals surface area contributed by atoms with Gasteiger partial charge in [-0.15, -0.1) is 0 Å². The standard InChI is InChI=1S/C23H27FN4O3S2/c1-14(16-7-10-31-11-8-16)26-23-27-15(2)22(32-23)17-4-5-20(30-3)21(12-17)33(29)28-19-13-25-9-6-18(19)24/h4-6,9,12-14,16,28H,7-8,10-11H2,1-3H3,(H,26,27). The molecule has 2 unspecified atom stereocenters. The van der Waals surface area contributed by atoms with Gasteiger partial charge in [-0.1, -0.05) is 11.3 Å². The number of benzene rings is 1. The number of nitrogens with one attached hydrogen (secondary N) is 2. The van der Waals surface area contributed by atoms with Crippen molar-refractivity contribution in [1.82, 2.24) is 9.97 Å². The summed E-state index contributed by atoms with van der Waals surface area (Å²) in [6.07, 6.45) is 4.73. The molecule has 33 heavy (non-hydrogen) atoms. The minimum Gasteiger partial charge on any atom is -0.495 e. The van der Waals surface area contributed by atoms with E-state index in [2.05, 4.69) is 21.9 Å². The van der Waals surface area contributed by atoms with Crippen LogP contribution in [0.25, 0.3) is 10.4 Å². The lowest BCUT2D eigenvalue weighted by Crippen LogP contribution is -2.30. The van der Waals surface area contributed by atoms with E-state index in [-0.39, 0.29) is 5.69 Å². The Labute approximate surface area is 199 Å². The van der Waals surface area contributed by atoms with Gasteiger partial charge in [0.2, 0.25) is 0 Å². The highest BCUT2D eigenvalue weighted by Crippen LogP contribution is 2.37. The number of thiazole rings is 1. The fraction of sp³-hybridized carbons (Fsp3) is 0.391. The van der Waals surface area contributed by atoms with Gasteiger partial charge in [-0.05, 0) is 62.4 Å². The van der Waals surface area contributed by atoms with Crippen LogP contribution in [-0.4, -0.2) is 40.5 Å². The lowest BCUT2D eigenvalue weighted by atomic mass is 9.93. The Bertz CT molecular complexity index is 1130. The van der Waals surface area contributed by atoms with Crippen molar-refractivity contribution in [3.63, 3.8) is 0 Å². The van der Waals surface area contributed by atoms with Crippen LogP contribution in [-0.2, 0) is 15.7 Å². The molecule has 3 aromatic rings. The summed E-state index contributed by atoms with van der Waals surface area (Å²) in [5.74, 6) is 0.476. The largest absolute Gasteiger partial charge is 0.495 e. The van der Waals surface area contributed by atoms with Crippen LogP contribution in [0.4, 0.5) is 15.2 Å². The quantitative estimate of drug-likeness (QED) is 0.461. The molecule has 176 valence electrons. The third-order valence-corrected chi connectivity index (χ3v) is 7.98. The lowest BCUT2D eigenvalue weighted by Gasteiger charge is -2.28. The summed E-state index contributed by atoms with van der Waals surface area (Å²) >= 11 is 1.56. The molecule has 0 saturated carbocycles. The molecule has 4 rings (SSSR count). The maximum atomic E-state index is 14.0. The van der Waals surface area contributed by atoms with Crippen molar-refractivity contribution in [1.29, 1.82) is 0 Å². The van der Waals surface area contributed by atoms with Crippen molar-refractivity contribution in [3.05, 3.63) is 48.2 Å². The van der Waals surface area contributed by atoms with E-state index in [1.165, 1.54) is 25.6 Å². The molecule has 1 aliphatic rings. The van der Waals surface area contributed by atoms with Crippen molar-refractivity contribution < 1.29 is 18.1 Å². The Morgan fingerprint density at radius 2 is 2.09 bits per heavy atom. The highest BCUT2D eigenvalue weighted by molar-refractivity contribution is 7.86. The normalized spacial score (nSPS) is 16.2. The monoisotopic (exact) mass is 490 g/mol. The second-order valence-corrected chi connectivity index (χ2v) is 10.1. The second-order valence-electron chi connectivity index (χ2n) is 7.91. The zero-order valence-corrected chi connectivity index (χ0v) is 20.4. The molecule has 1 aromatic carbocycles. The summed E-state index contributed by atoms with van der Waals surface area (Å²) in [6.45, 7) is 5.76. The first kappa shape index (κ1) is 23.6. The number of hydrogen-bond donors (Lipinski definition) is 2. The highest BCUT2D eigenvalue weighted by Gasteiger charge is 2.22. The molecule has 10 heteroatoms. The van der Waals surface area contributed by atoms with Gasteiger partial charge in [0.1, 0.15) is 22.1 Å². The summed E-state index contributed by atoms with van der Waals surface area (Å²) in [6, 6.07) is 6.98. The number of hydrogen-bond acceptors (Lipinski definition) is 7. The Kier molecular flexibility index (Phi) is 7.56. The van der Waals surface area contributed by atoms with Crippen LogP contribution in [0.1, 0.15) is 25.5 Å². The average Bonchev–Trinajstić information content (AvgIpc) is 3.20. The van der Waals surface area contributed by atoms with E-state index in [4.69, 9.17) is 14.5 Å². The second kappa shape index (κ2) is 10.6. The van der Waals surface area contributed by atoms with E-state index in [9.17, 15) is 8.60 Å². The van der Waals surface area contributed by atoms with E-state index in [1.54, 1.807) is 23.5 Å². The minimum atomic E-state index is -1.75. The molecule has 2 aromatic heterocycles. The number of nitrogens with zero attached hydrogens (tertiary/aromatic N) is 2. The molecule has 0 radical (unpaired) electrons. The van der Waals surface area contributed by atoms with Crippen LogP contribution in [0.2, 0.25) is 0 Å². The summed E-state index contributed by atoms with van der Waals surface area (Å²) < 4.78 is 40.6. The van der Waals surface area contributed by atoms with E-state index in [0.717, 1.165) is 47.3 Å². The average molecular weight is 491 g/mol. The van der Waals surface area contributed by atoms with Gasteiger partial charge in [0.05, 0.1) is 23.9 Å². The minimum absolute atomic E-state index is 0.0610. The first-order valence-corrected chi connectivity index (χ1v) is 12.7. The fourth-order valence-corrected chi connectivity index (χ4v) is 5.91. The summed E-state index contributed by atoms with van der Waals surface area (Å²) in [5, 5.41) is 4.40. The number of pyridine rings is 1. The van der Waals surface area contributed by atoms with Crippen LogP contribution in [0.3, 0.4) is 0 Å². The number of rotatable bonds is 8. The van der Waals surface area contributed by atoms with Crippen molar-refractivity contribution in [2.45, 2.75) is 37.6 Å². The van der Waals surface area contributed by atoms with Gasteiger partial charge in [-0.2, -0.15) is 0 Å². The Balaban J connectivity index is 1.57. The number of aryl methyl sites for hydroxylation is 1. The third kappa shape index (κ3) is 5.51. The predicted molar refractivity (Wildman–Crippen MR) is 130 cm³/mol. The van der Waals surface area contributed by atoms with Gasteiger partial charge in [-0.25, -0.2) is 13.6 Å². The van der Waals surface area contributed by atoms with Crippen molar-refractivity contribution in [2.24, 2.45) is 5.92 Å². The summed E-state index contributed by atoms with van der Waals surface area (Å²) in [4.78, 5) is 9.99. The molecule has 1 aliphatic heterocycles. The van der Waals surface area contributed by atoms with Crippen LogP contribution in [0.5, 0.6) is 5.75 Å². The summed E-state index contributed by atoms with van der Waals surface area (Å²) in [7, 11) is -0.239. The topological polar surface area (TPSA) is 85.4 Å². The molecule has 0 aliphatic carbocycles. The van der Waals surface area contributed by atoms with Crippen molar-refractivity contribution in [3.8, 4) is 16.2 Å². The molecule has 0 spiro atoms. The molecule has 0 bridgehead atoms. The van der Waals surface area contributed by atoms with Gasteiger partial charge in [0, 0.05) is 25.5 Å². The Morgan fingerprint density at radius 3 is 2.82 bits per heavy atom. The maximum Gasteiger partial charge on any atom is 0.183 e. The SMILES string of the molecule is COc1ccc(-c2sc(NC(C)C3CCOCC3)nc2C)cc1S(=O)Nc1cnccc1F. The number of methoxy groups -OCH3 is 1. The van der Waals surface area contributed by atoms with Gasteiger partial charge in [0.25, 0.3) is 0 Å². The van der Waals surface area contributed by atoms with Crippen molar-refractivity contribution in [2.75, 3.05) is 30.4 Å². The molecule has 7 nitrogen and oxygen atoms in total. The van der Waals surface area contributed by atoms with Crippen molar-refractivity contribution >= 4 is 33.1 Å². The van der Waals surface area contributed by atoms with E-state index in [0.29, 0.717) is 22.6 Å². The lowest BCUT2D eigenvalue weighted by molar-refractivity contribution is 0.0622. The van der Waals surface area contributed by atoms with E-state index < -0.39 is 16.8 Å². The molecule has 1 fully saturated rings. The number of halogens is 1. The first-order chi connectivity index (χ1) is 16.0. The van der Waals surface area contributed by atoms with Gasteiger partial charge >= 0.3 is 0 Å². The maximum absolute atomic E-state index is 14.0. The Hall–Kier alpha value is -2.56. The Morgan fingerprint density at radius 1 is 1.30 bits per heavy atom. The third-order valence-electron chi connectivity index (χ3n) is 5.72. The van der Waals surface area contributed by atoms with Crippen LogP contribution < -0.4 is 14.8 Å². The molecule has 1 saturated heterocycles. The molecule has 3 heterocycles. The highest BCUT2D eigenvalue weighted by atomic mass is 32.2. The zero-order chi connectivity index (χ0) is 23.4. The van der Waals surface area contributed by atoms with Crippen LogP contribution in [0, 0.1) is 18.7 Å². The summed E-state index contributed by atoms with van der Waals surface area (Å²) in [5.41, 5.74) is 1.81. The molecular weight excluding hydrogens is 463 g/mol. The zero-order valence-electron chi connectivity index (χ0n) is 18.8. The fourth-order valence-electron chi connectivity index (χ4n) is 3.82. The van der Waals surface area contributed by atoms with E-state index >= 15 is 0 Å².